The van der Waals surface area contributed by atoms with Crippen LogP contribution in [0.1, 0.15) is 38.5 Å². The first-order valence-electron chi connectivity index (χ1n) is 7.17. The van der Waals surface area contributed by atoms with Gasteiger partial charge in [0, 0.05) is 30.6 Å². The summed E-state index contributed by atoms with van der Waals surface area (Å²) in [4.78, 5) is 21.6. The Morgan fingerprint density at radius 3 is 1.96 bits per heavy atom. The van der Waals surface area contributed by atoms with Crippen molar-refractivity contribution in [2.24, 2.45) is 17.2 Å². The van der Waals surface area contributed by atoms with Gasteiger partial charge in [-0.1, -0.05) is 0 Å². The lowest BCUT2D eigenvalue weighted by atomic mass is 9.84. The minimum absolute atomic E-state index is 0.133. The molecule has 23 heavy (non-hydrogen) atoms. The highest BCUT2D eigenvalue weighted by atomic mass is 19.4. The van der Waals surface area contributed by atoms with Crippen LogP contribution in [0.5, 0.6) is 0 Å². The molecule has 0 rings (SSSR count). The second kappa shape index (κ2) is 9.63. The third-order valence-corrected chi connectivity index (χ3v) is 3.46. The van der Waals surface area contributed by atoms with Crippen LogP contribution in [0.3, 0.4) is 0 Å². The number of alkyl halides is 3. The quantitative estimate of drug-likeness (QED) is 0.216. The van der Waals surface area contributed by atoms with Crippen LogP contribution in [0.25, 0.3) is 0 Å². The van der Waals surface area contributed by atoms with Crippen molar-refractivity contribution in [2.45, 2.75) is 56.5 Å². The van der Waals surface area contributed by atoms with Crippen LogP contribution in [0, 0.1) is 10.1 Å². The second-order valence-corrected chi connectivity index (χ2v) is 5.25. The lowest BCUT2D eigenvalue weighted by Crippen LogP contribution is -2.42. The molecule has 136 valence electrons. The Hall–Kier alpha value is -1.46. The third-order valence-electron chi connectivity index (χ3n) is 3.46. The molecule has 0 saturated heterocycles. The summed E-state index contributed by atoms with van der Waals surface area (Å²) in [6.45, 7) is 0.487. The van der Waals surface area contributed by atoms with Crippen LogP contribution < -0.4 is 17.2 Å². The molecule has 0 aromatic heterocycles. The van der Waals surface area contributed by atoms with Gasteiger partial charge in [-0.2, -0.15) is 13.2 Å². The van der Waals surface area contributed by atoms with E-state index in [1.165, 1.54) is 0 Å². The average molecular weight is 344 g/mol. The molecule has 0 heterocycles. The number of carbonyl (C=O) groups is 1. The minimum Gasteiger partial charge on any atom is -0.440 e. The summed E-state index contributed by atoms with van der Waals surface area (Å²) < 4.78 is 40.3. The first-order chi connectivity index (χ1) is 10.6. The predicted molar refractivity (Wildman–Crippen MR) is 75.7 cm³/mol. The van der Waals surface area contributed by atoms with Crippen LogP contribution in [0.4, 0.5) is 13.2 Å². The fourth-order valence-corrected chi connectivity index (χ4v) is 2.19. The van der Waals surface area contributed by atoms with Gasteiger partial charge in [-0.15, -0.1) is 0 Å². The van der Waals surface area contributed by atoms with E-state index in [9.17, 15) is 28.1 Å². The maximum absolute atomic E-state index is 12.1. The van der Waals surface area contributed by atoms with Crippen molar-refractivity contribution < 1.29 is 27.6 Å². The highest BCUT2D eigenvalue weighted by Gasteiger charge is 2.44. The molecule has 11 heteroatoms. The molecule has 0 spiro atoms. The molecule has 0 amide bonds. The van der Waals surface area contributed by atoms with E-state index in [0.717, 1.165) is 0 Å². The topological polar surface area (TPSA) is 148 Å². The molecule has 8 nitrogen and oxygen atoms in total. The van der Waals surface area contributed by atoms with E-state index in [0.29, 0.717) is 12.8 Å². The molecular weight excluding hydrogens is 321 g/mol. The molecule has 0 aromatic rings. The van der Waals surface area contributed by atoms with E-state index in [4.69, 9.17) is 17.2 Å². The predicted octanol–water partition coefficient (Wildman–Crippen LogP) is 0.650. The minimum atomic E-state index is -5.16. The van der Waals surface area contributed by atoms with Gasteiger partial charge in [0.2, 0.25) is 5.54 Å². The molecule has 0 aliphatic carbocycles. The van der Waals surface area contributed by atoms with Gasteiger partial charge in [-0.25, -0.2) is 4.79 Å². The van der Waals surface area contributed by atoms with Gasteiger partial charge in [-0.3, -0.25) is 15.8 Å². The van der Waals surface area contributed by atoms with Crippen LogP contribution in [-0.2, 0) is 9.53 Å². The molecule has 0 saturated carbocycles. The summed E-state index contributed by atoms with van der Waals surface area (Å²) in [7, 11) is 0. The fraction of sp³-hybridized carbons (Fsp3) is 0.917. The molecule has 0 radical (unpaired) electrons. The molecule has 0 fully saturated rings. The maximum Gasteiger partial charge on any atom is 0.490 e. The van der Waals surface area contributed by atoms with Crippen molar-refractivity contribution in [1.29, 1.82) is 0 Å². The first kappa shape index (κ1) is 21.5. The first-order valence-corrected chi connectivity index (χ1v) is 7.17. The Morgan fingerprint density at radius 2 is 1.61 bits per heavy atom. The van der Waals surface area contributed by atoms with Crippen LogP contribution in [0.2, 0.25) is 0 Å². The van der Waals surface area contributed by atoms with Crippen molar-refractivity contribution in [1.82, 2.24) is 0 Å². The summed E-state index contributed by atoms with van der Waals surface area (Å²) in [6.07, 6.45) is -6.07. The standard InChI is InChI=1S/C12H23F3N4O4/c13-12(14,15)10(20)23-9(18)3-6-11(19(21)22,4-1-7-16)5-2-8-17/h9H,1-8,16-18H2. The summed E-state index contributed by atoms with van der Waals surface area (Å²) in [5.74, 6) is -2.42. The zero-order chi connectivity index (χ0) is 18.1. The number of esters is 1. The number of nitrogens with zero attached hydrogens (tertiary/aromatic N) is 1. The van der Waals surface area contributed by atoms with Crippen molar-refractivity contribution in [3.63, 3.8) is 0 Å². The smallest absolute Gasteiger partial charge is 0.440 e. The molecule has 6 N–H and O–H groups in total. The number of rotatable bonds is 11. The number of nitrogens with two attached hydrogens (primary N) is 3. The zero-order valence-corrected chi connectivity index (χ0v) is 12.7. The third kappa shape index (κ3) is 7.57. The van der Waals surface area contributed by atoms with Gasteiger partial charge < -0.3 is 16.2 Å². The van der Waals surface area contributed by atoms with E-state index in [1.807, 2.05) is 0 Å². The SMILES string of the molecule is NCCCC(CCCN)(CCC(N)OC(=O)C(F)(F)F)[N+](=O)[O-]. The Balaban J connectivity index is 4.81. The highest BCUT2D eigenvalue weighted by molar-refractivity contribution is 5.75. The van der Waals surface area contributed by atoms with Gasteiger partial charge in [0.1, 0.15) is 0 Å². The Bertz CT molecular complexity index is 385. The molecule has 0 aliphatic heterocycles. The Morgan fingerprint density at radius 1 is 1.13 bits per heavy atom. The van der Waals surface area contributed by atoms with Gasteiger partial charge >= 0.3 is 12.1 Å². The lowest BCUT2D eigenvalue weighted by molar-refractivity contribution is -0.574. The number of carbonyl (C=O) groups excluding carboxylic acids is 1. The summed E-state index contributed by atoms with van der Waals surface area (Å²) >= 11 is 0. The van der Waals surface area contributed by atoms with E-state index >= 15 is 0 Å². The molecule has 1 atom stereocenters. The molecule has 1 unspecified atom stereocenters. The zero-order valence-electron chi connectivity index (χ0n) is 12.7. The monoisotopic (exact) mass is 344 g/mol. The molecule has 0 aromatic carbocycles. The Kier molecular flexibility index (Phi) is 9.02. The largest absolute Gasteiger partial charge is 0.490 e. The highest BCUT2D eigenvalue weighted by Crippen LogP contribution is 2.29. The van der Waals surface area contributed by atoms with E-state index < -0.39 is 28.8 Å². The number of hydrogen-bond donors (Lipinski definition) is 3. The van der Waals surface area contributed by atoms with E-state index in [-0.39, 0.29) is 38.8 Å². The van der Waals surface area contributed by atoms with Crippen LogP contribution >= 0.6 is 0 Å². The van der Waals surface area contributed by atoms with E-state index in [1.54, 1.807) is 0 Å². The normalized spacial score (nSPS) is 13.7. The number of nitro groups is 1. The fourth-order valence-electron chi connectivity index (χ4n) is 2.19. The summed E-state index contributed by atoms with van der Waals surface area (Å²) in [6, 6.07) is 0. The Labute approximate surface area is 131 Å². The van der Waals surface area contributed by atoms with Crippen molar-refractivity contribution in [2.75, 3.05) is 13.1 Å². The van der Waals surface area contributed by atoms with Crippen molar-refractivity contribution in [3.8, 4) is 0 Å². The van der Waals surface area contributed by atoms with Crippen molar-refractivity contribution >= 4 is 5.97 Å². The molecular formula is C12H23F3N4O4. The average Bonchev–Trinajstić information content (AvgIpc) is 2.45. The summed E-state index contributed by atoms with van der Waals surface area (Å²) in [5.41, 5.74) is 14.7. The summed E-state index contributed by atoms with van der Waals surface area (Å²) in [5, 5.41) is 11.4. The number of hydrogen-bond acceptors (Lipinski definition) is 7. The van der Waals surface area contributed by atoms with Crippen LogP contribution in [-0.4, -0.2) is 41.9 Å². The van der Waals surface area contributed by atoms with Gasteiger partial charge in [0.25, 0.3) is 0 Å². The lowest BCUT2D eigenvalue weighted by Gasteiger charge is -2.26. The van der Waals surface area contributed by atoms with Gasteiger partial charge in [0.15, 0.2) is 6.23 Å². The van der Waals surface area contributed by atoms with Gasteiger partial charge in [-0.05, 0) is 25.9 Å². The van der Waals surface area contributed by atoms with E-state index in [2.05, 4.69) is 4.74 Å². The number of halogens is 3. The van der Waals surface area contributed by atoms with Crippen molar-refractivity contribution in [3.05, 3.63) is 10.1 Å². The molecule has 0 bridgehead atoms. The maximum atomic E-state index is 12.1. The van der Waals surface area contributed by atoms with Crippen LogP contribution in [0.15, 0.2) is 0 Å². The molecule has 0 aliphatic rings. The number of ether oxygens (including phenoxy) is 1. The second-order valence-electron chi connectivity index (χ2n) is 5.25. The van der Waals surface area contributed by atoms with Gasteiger partial charge in [0.05, 0.1) is 0 Å².